The predicted molar refractivity (Wildman–Crippen MR) is 94.4 cm³/mol. The second kappa shape index (κ2) is 12.8. The summed E-state index contributed by atoms with van der Waals surface area (Å²) in [4.78, 5) is 31.8. The molecule has 28 heavy (non-hydrogen) atoms. The van der Waals surface area contributed by atoms with E-state index in [1.54, 1.807) is 24.3 Å². The molecule has 0 radical (unpaired) electrons. The van der Waals surface area contributed by atoms with E-state index in [1.807, 2.05) is 0 Å². The topological polar surface area (TPSA) is 145 Å². The average molecular weight is 428 g/mol. The van der Waals surface area contributed by atoms with Gasteiger partial charge in [0.1, 0.15) is 12.6 Å². The number of nitrogens with one attached hydrogen (secondary N) is 1. The fourth-order valence-electron chi connectivity index (χ4n) is 1.72. The SMILES string of the molecule is NCCCCC(NC(=O)OCc1ccccc1Cl)C(N)=O.O=C(O)C(F)(F)F. The van der Waals surface area contributed by atoms with Crippen LogP contribution in [-0.2, 0) is 20.9 Å². The molecule has 0 saturated heterocycles. The summed E-state index contributed by atoms with van der Waals surface area (Å²) < 4.78 is 36.8. The zero-order valence-corrected chi connectivity index (χ0v) is 15.4. The van der Waals surface area contributed by atoms with Gasteiger partial charge in [0.15, 0.2) is 0 Å². The van der Waals surface area contributed by atoms with E-state index in [1.165, 1.54) is 0 Å². The molecule has 6 N–H and O–H groups in total. The van der Waals surface area contributed by atoms with Crippen LogP contribution in [0.3, 0.4) is 0 Å². The van der Waals surface area contributed by atoms with Crippen molar-refractivity contribution in [2.45, 2.75) is 38.1 Å². The van der Waals surface area contributed by atoms with Gasteiger partial charge in [0, 0.05) is 10.6 Å². The summed E-state index contributed by atoms with van der Waals surface area (Å²) in [7, 11) is 0. The first-order chi connectivity index (χ1) is 13.0. The Morgan fingerprint density at radius 2 is 1.79 bits per heavy atom. The third-order valence-corrected chi connectivity index (χ3v) is 3.51. The fraction of sp³-hybridized carbons (Fsp3) is 0.438. The van der Waals surface area contributed by atoms with Gasteiger partial charge in [-0.25, -0.2) is 9.59 Å². The van der Waals surface area contributed by atoms with Crippen molar-refractivity contribution in [1.29, 1.82) is 0 Å². The molecular weight excluding hydrogens is 407 g/mol. The van der Waals surface area contributed by atoms with Crippen molar-refractivity contribution in [3.8, 4) is 0 Å². The molecule has 0 aliphatic carbocycles. The number of rotatable bonds is 8. The van der Waals surface area contributed by atoms with Gasteiger partial charge in [0.2, 0.25) is 5.91 Å². The normalized spacial score (nSPS) is 11.6. The Bertz CT molecular complexity index is 659. The van der Waals surface area contributed by atoms with Crippen LogP contribution in [0.1, 0.15) is 24.8 Å². The number of carboxylic acid groups (broad SMARTS) is 1. The van der Waals surface area contributed by atoms with E-state index in [4.69, 9.17) is 37.7 Å². The number of aliphatic carboxylic acids is 1. The lowest BCUT2D eigenvalue weighted by molar-refractivity contribution is -0.192. The van der Waals surface area contributed by atoms with E-state index in [-0.39, 0.29) is 6.61 Å². The highest BCUT2D eigenvalue weighted by atomic mass is 35.5. The molecule has 1 aromatic carbocycles. The number of unbranched alkanes of at least 4 members (excludes halogenated alkanes) is 1. The van der Waals surface area contributed by atoms with Gasteiger partial charge in [-0.15, -0.1) is 0 Å². The van der Waals surface area contributed by atoms with Crippen LogP contribution in [0.5, 0.6) is 0 Å². The molecule has 2 amide bonds. The molecule has 158 valence electrons. The van der Waals surface area contributed by atoms with Crippen molar-refractivity contribution in [1.82, 2.24) is 5.32 Å². The number of benzene rings is 1. The zero-order chi connectivity index (χ0) is 21.7. The third kappa shape index (κ3) is 11.2. The van der Waals surface area contributed by atoms with Gasteiger partial charge in [0.05, 0.1) is 0 Å². The molecule has 0 aliphatic heterocycles. The van der Waals surface area contributed by atoms with Crippen LogP contribution in [0.25, 0.3) is 0 Å². The van der Waals surface area contributed by atoms with Gasteiger partial charge >= 0.3 is 18.2 Å². The molecule has 1 rings (SSSR count). The third-order valence-electron chi connectivity index (χ3n) is 3.14. The molecule has 0 heterocycles. The predicted octanol–water partition coefficient (Wildman–Crippen LogP) is 2.18. The van der Waals surface area contributed by atoms with Gasteiger partial charge in [-0.05, 0) is 31.9 Å². The number of carbonyl (C=O) groups excluding carboxylic acids is 2. The highest BCUT2D eigenvalue weighted by molar-refractivity contribution is 6.31. The number of hydrogen-bond acceptors (Lipinski definition) is 5. The Morgan fingerprint density at radius 3 is 2.25 bits per heavy atom. The second-order valence-electron chi connectivity index (χ2n) is 5.35. The fourth-order valence-corrected chi connectivity index (χ4v) is 1.91. The number of carbonyl (C=O) groups is 3. The van der Waals surface area contributed by atoms with E-state index in [2.05, 4.69) is 5.32 Å². The minimum Gasteiger partial charge on any atom is -0.475 e. The number of nitrogens with two attached hydrogens (primary N) is 2. The Labute approximate surface area is 164 Å². The van der Waals surface area contributed by atoms with Crippen LogP contribution < -0.4 is 16.8 Å². The number of alkyl halides is 3. The minimum absolute atomic E-state index is 0.0276. The van der Waals surface area contributed by atoms with Crippen LogP contribution in [0.4, 0.5) is 18.0 Å². The molecular formula is C16H21ClF3N3O5. The van der Waals surface area contributed by atoms with Crippen molar-refractivity contribution < 1.29 is 37.4 Å². The molecule has 0 aliphatic rings. The van der Waals surface area contributed by atoms with Crippen LogP contribution in [-0.4, -0.2) is 41.8 Å². The van der Waals surface area contributed by atoms with E-state index >= 15 is 0 Å². The monoisotopic (exact) mass is 427 g/mol. The number of ether oxygens (including phenoxy) is 1. The molecule has 0 bridgehead atoms. The molecule has 0 fully saturated rings. The minimum atomic E-state index is -5.08. The molecule has 8 nitrogen and oxygen atoms in total. The quantitative estimate of drug-likeness (QED) is 0.468. The molecule has 1 aromatic rings. The van der Waals surface area contributed by atoms with E-state index in [9.17, 15) is 22.8 Å². The Balaban J connectivity index is 0.000000887. The lowest BCUT2D eigenvalue weighted by Gasteiger charge is -2.15. The summed E-state index contributed by atoms with van der Waals surface area (Å²) in [5.74, 6) is -3.35. The Kier molecular flexibility index (Phi) is 11.6. The van der Waals surface area contributed by atoms with Crippen LogP contribution in [0.2, 0.25) is 5.02 Å². The van der Waals surface area contributed by atoms with Gasteiger partial charge < -0.3 is 26.6 Å². The number of hydrogen-bond donors (Lipinski definition) is 4. The number of halogens is 4. The first-order valence-electron chi connectivity index (χ1n) is 7.95. The molecule has 0 saturated carbocycles. The lowest BCUT2D eigenvalue weighted by atomic mass is 10.1. The molecule has 1 atom stereocenters. The first-order valence-corrected chi connectivity index (χ1v) is 8.33. The summed E-state index contributed by atoms with van der Waals surface area (Å²) in [5.41, 5.74) is 11.3. The van der Waals surface area contributed by atoms with Crippen molar-refractivity contribution >= 4 is 29.6 Å². The highest BCUT2D eigenvalue weighted by Crippen LogP contribution is 2.15. The van der Waals surface area contributed by atoms with Crippen molar-refractivity contribution in [2.75, 3.05) is 6.54 Å². The van der Waals surface area contributed by atoms with Crippen molar-refractivity contribution in [2.24, 2.45) is 11.5 Å². The van der Waals surface area contributed by atoms with Gasteiger partial charge in [-0.1, -0.05) is 29.8 Å². The van der Waals surface area contributed by atoms with E-state index in [0.29, 0.717) is 30.0 Å². The largest absolute Gasteiger partial charge is 0.490 e. The number of carboxylic acids is 1. The lowest BCUT2D eigenvalue weighted by Crippen LogP contribution is -2.44. The van der Waals surface area contributed by atoms with Crippen LogP contribution in [0.15, 0.2) is 24.3 Å². The maximum atomic E-state index is 11.7. The summed E-state index contributed by atoms with van der Waals surface area (Å²) >= 11 is 5.95. The molecule has 0 aromatic heterocycles. The van der Waals surface area contributed by atoms with Crippen LogP contribution >= 0.6 is 11.6 Å². The summed E-state index contributed by atoms with van der Waals surface area (Å²) in [6.07, 6.45) is -3.88. The molecule has 12 heteroatoms. The Morgan fingerprint density at radius 1 is 1.21 bits per heavy atom. The van der Waals surface area contributed by atoms with Gasteiger partial charge in [-0.3, -0.25) is 4.79 Å². The Hall–Kier alpha value is -2.53. The van der Waals surface area contributed by atoms with E-state index in [0.717, 1.165) is 6.42 Å². The van der Waals surface area contributed by atoms with Gasteiger partial charge in [-0.2, -0.15) is 13.2 Å². The standard InChI is InChI=1S/C14H20ClN3O3.C2HF3O2/c15-11-6-2-1-5-10(11)9-21-14(20)18-12(13(17)19)7-3-4-8-16;3-2(4,5)1(6)7/h1-2,5-6,12H,3-4,7-9,16H2,(H2,17,19)(H,18,20);(H,6,7). The number of alkyl carbamates (subject to hydrolysis) is 1. The molecule has 0 spiro atoms. The van der Waals surface area contributed by atoms with E-state index < -0.39 is 30.2 Å². The molecule has 1 unspecified atom stereocenters. The summed E-state index contributed by atoms with van der Waals surface area (Å²) in [6, 6.07) is 6.28. The smallest absolute Gasteiger partial charge is 0.475 e. The van der Waals surface area contributed by atoms with Crippen molar-refractivity contribution in [3.63, 3.8) is 0 Å². The number of amides is 2. The summed E-state index contributed by atoms with van der Waals surface area (Å²) in [6.45, 7) is 0.558. The van der Waals surface area contributed by atoms with Crippen molar-refractivity contribution in [3.05, 3.63) is 34.9 Å². The maximum Gasteiger partial charge on any atom is 0.490 e. The number of primary amides is 1. The maximum absolute atomic E-state index is 11.7. The second-order valence-corrected chi connectivity index (χ2v) is 5.76. The highest BCUT2D eigenvalue weighted by Gasteiger charge is 2.38. The first kappa shape index (κ1) is 25.5. The van der Waals surface area contributed by atoms with Crippen LogP contribution in [0, 0.1) is 0 Å². The van der Waals surface area contributed by atoms with Gasteiger partial charge in [0.25, 0.3) is 0 Å². The summed E-state index contributed by atoms with van der Waals surface area (Å²) in [5, 5.41) is 10.1. The zero-order valence-electron chi connectivity index (χ0n) is 14.7. The average Bonchev–Trinajstić information content (AvgIpc) is 2.60.